The molecule has 1 unspecified atom stereocenters. The van der Waals surface area contributed by atoms with E-state index in [-0.39, 0.29) is 48.6 Å². The van der Waals surface area contributed by atoms with Gasteiger partial charge in [-0.2, -0.15) is 0 Å². The molecule has 0 radical (unpaired) electrons. The fourth-order valence-corrected chi connectivity index (χ4v) is 4.31. The summed E-state index contributed by atoms with van der Waals surface area (Å²) in [4.78, 5) is 63.1. The second-order valence-electron chi connectivity index (χ2n) is 9.17. The number of benzene rings is 1. The van der Waals surface area contributed by atoms with Gasteiger partial charge < -0.3 is 24.3 Å². The smallest absolute Gasteiger partial charge is 0.264 e. The minimum absolute atomic E-state index is 0.0309. The van der Waals surface area contributed by atoms with Crippen molar-refractivity contribution in [3.63, 3.8) is 0 Å². The Morgan fingerprint density at radius 2 is 1.52 bits per heavy atom. The lowest BCUT2D eigenvalue weighted by Crippen LogP contribution is -2.54. The van der Waals surface area contributed by atoms with Gasteiger partial charge in [-0.05, 0) is 31.4 Å². The second-order valence-corrected chi connectivity index (χ2v) is 9.17. The maximum Gasteiger partial charge on any atom is 0.264 e. The summed E-state index contributed by atoms with van der Waals surface area (Å²) in [5, 5.41) is 4.87. The molecule has 1 atom stereocenters. The third-order valence-electron chi connectivity index (χ3n) is 6.27. The normalized spacial score (nSPS) is 16.8. The molecule has 2 N–H and O–H groups in total. The first-order chi connectivity index (χ1) is 19.4. The van der Waals surface area contributed by atoms with Gasteiger partial charge >= 0.3 is 0 Å². The monoisotopic (exact) mass is 565 g/mol. The summed E-state index contributed by atoms with van der Waals surface area (Å²) in [7, 11) is 0. The highest BCUT2D eigenvalue weighted by Gasteiger charge is 2.45. The highest BCUT2D eigenvalue weighted by molar-refractivity contribution is 6.26. The molecule has 40 heavy (non-hydrogen) atoms. The first-order valence-electron chi connectivity index (χ1n) is 13.5. The third kappa shape index (κ3) is 9.15. The molecule has 0 bridgehead atoms. The molecule has 2 aliphatic heterocycles. The first kappa shape index (κ1) is 31.3. The fourth-order valence-electron chi connectivity index (χ4n) is 4.31. The van der Waals surface area contributed by atoms with E-state index in [4.69, 9.17) is 18.9 Å². The maximum atomic E-state index is 13.1. The van der Waals surface area contributed by atoms with Gasteiger partial charge in [-0.15, -0.1) is 0 Å². The summed E-state index contributed by atoms with van der Waals surface area (Å²) in [6.07, 6.45) is 2.46. The van der Waals surface area contributed by atoms with Crippen molar-refractivity contribution in [3.8, 4) is 0 Å². The Balaban J connectivity index is 1.29. The largest absolute Gasteiger partial charge is 0.379 e. The number of piperidine rings is 1. The van der Waals surface area contributed by atoms with E-state index in [1.165, 1.54) is 6.07 Å². The van der Waals surface area contributed by atoms with Crippen molar-refractivity contribution < 1.29 is 47.3 Å². The number of anilines is 1. The standard InChI is InChI=1S/C27H36FN3O9/c28-10-12-38-14-16-40-18-17-39-15-13-37-11-3-1-2-7-22(32)29-20-6-4-5-19-24(20)27(36)31(26(19)35)21-8-9-23(33)30-25(21)34/h4-6,21H,1-3,7-18H2,(H,29,32)(H,30,33,34). The number of nitrogens with one attached hydrogen (secondary N) is 2. The van der Waals surface area contributed by atoms with Crippen LogP contribution in [0.25, 0.3) is 0 Å². The van der Waals surface area contributed by atoms with Crippen molar-refractivity contribution in [1.29, 1.82) is 0 Å². The van der Waals surface area contributed by atoms with Gasteiger partial charge in [-0.25, -0.2) is 4.39 Å². The molecule has 1 saturated heterocycles. The van der Waals surface area contributed by atoms with Crippen molar-refractivity contribution in [2.45, 2.75) is 44.6 Å². The molecule has 0 aromatic heterocycles. The minimum Gasteiger partial charge on any atom is -0.379 e. The predicted octanol–water partition coefficient (Wildman–Crippen LogP) is 1.62. The molecular formula is C27H36FN3O9. The van der Waals surface area contributed by atoms with Gasteiger partial charge in [0.15, 0.2) is 0 Å². The Morgan fingerprint density at radius 1 is 0.875 bits per heavy atom. The highest BCUT2D eigenvalue weighted by atomic mass is 19.1. The Bertz CT molecular complexity index is 1050. The highest BCUT2D eigenvalue weighted by Crippen LogP contribution is 2.32. The van der Waals surface area contributed by atoms with Crippen LogP contribution >= 0.6 is 0 Å². The molecule has 3 rings (SSSR count). The SMILES string of the molecule is O=C1CCC(N2C(=O)c3cccc(NC(=O)CCCCCOCCOCCOCCOCCF)c3C2=O)C(=O)N1. The van der Waals surface area contributed by atoms with Crippen molar-refractivity contribution in [2.24, 2.45) is 0 Å². The van der Waals surface area contributed by atoms with E-state index < -0.39 is 36.3 Å². The number of alkyl halides is 1. The van der Waals surface area contributed by atoms with Gasteiger partial charge in [0.25, 0.3) is 11.8 Å². The van der Waals surface area contributed by atoms with E-state index in [1.54, 1.807) is 12.1 Å². The van der Waals surface area contributed by atoms with Crippen LogP contribution in [0, 0.1) is 0 Å². The topological polar surface area (TPSA) is 150 Å². The fraction of sp³-hybridized carbons (Fsp3) is 0.593. The first-order valence-corrected chi connectivity index (χ1v) is 13.5. The Hall–Kier alpha value is -3.26. The summed E-state index contributed by atoms with van der Waals surface area (Å²) < 4.78 is 33.0. The van der Waals surface area contributed by atoms with Crippen LogP contribution in [-0.4, -0.2) is 100 Å². The lowest BCUT2D eigenvalue weighted by molar-refractivity contribution is -0.136. The van der Waals surface area contributed by atoms with Crippen LogP contribution in [0.1, 0.15) is 59.2 Å². The number of imide groups is 2. The minimum atomic E-state index is -1.07. The van der Waals surface area contributed by atoms with Gasteiger partial charge in [0, 0.05) is 19.4 Å². The number of halogens is 1. The van der Waals surface area contributed by atoms with Gasteiger partial charge in [0.1, 0.15) is 12.7 Å². The van der Waals surface area contributed by atoms with Gasteiger partial charge in [0.2, 0.25) is 17.7 Å². The van der Waals surface area contributed by atoms with E-state index in [0.29, 0.717) is 52.7 Å². The van der Waals surface area contributed by atoms with E-state index >= 15 is 0 Å². The molecule has 12 nitrogen and oxygen atoms in total. The zero-order valence-corrected chi connectivity index (χ0v) is 22.4. The number of amides is 5. The summed E-state index contributed by atoms with van der Waals surface area (Å²) in [6, 6.07) is 3.52. The Morgan fingerprint density at radius 3 is 2.17 bits per heavy atom. The molecule has 2 heterocycles. The molecule has 0 aliphatic carbocycles. The molecule has 13 heteroatoms. The molecule has 2 aliphatic rings. The Kier molecular flexibility index (Phi) is 13.1. The summed E-state index contributed by atoms with van der Waals surface area (Å²) in [5.74, 6) is -2.72. The number of nitrogens with zero attached hydrogens (tertiary/aromatic N) is 1. The van der Waals surface area contributed by atoms with Crippen LogP contribution in [0.3, 0.4) is 0 Å². The zero-order valence-electron chi connectivity index (χ0n) is 22.4. The molecule has 0 saturated carbocycles. The number of rotatable bonds is 19. The Labute approximate surface area is 231 Å². The van der Waals surface area contributed by atoms with Gasteiger partial charge in [0.05, 0.1) is 63.1 Å². The van der Waals surface area contributed by atoms with Crippen molar-refractivity contribution in [2.75, 3.05) is 64.8 Å². The zero-order chi connectivity index (χ0) is 28.7. The second kappa shape index (κ2) is 16.8. The van der Waals surface area contributed by atoms with Crippen LogP contribution in [0.4, 0.5) is 10.1 Å². The maximum absolute atomic E-state index is 13.1. The number of unbranched alkanes of at least 4 members (excludes halogenated alkanes) is 2. The molecular weight excluding hydrogens is 529 g/mol. The lowest BCUT2D eigenvalue weighted by atomic mass is 10.0. The number of carbonyl (C=O) groups is 5. The number of hydrogen-bond donors (Lipinski definition) is 2. The lowest BCUT2D eigenvalue weighted by Gasteiger charge is -2.27. The van der Waals surface area contributed by atoms with E-state index in [1.807, 2.05) is 0 Å². The molecule has 0 spiro atoms. The van der Waals surface area contributed by atoms with Crippen LogP contribution in [-0.2, 0) is 33.3 Å². The molecule has 5 amide bonds. The van der Waals surface area contributed by atoms with Crippen LogP contribution in [0.2, 0.25) is 0 Å². The number of hydrogen-bond acceptors (Lipinski definition) is 9. The summed E-state index contributed by atoms with van der Waals surface area (Å²) >= 11 is 0. The molecule has 1 fully saturated rings. The third-order valence-corrected chi connectivity index (χ3v) is 6.27. The number of fused-ring (bicyclic) bond motifs is 1. The van der Waals surface area contributed by atoms with Gasteiger partial charge in [-0.3, -0.25) is 34.2 Å². The van der Waals surface area contributed by atoms with Crippen molar-refractivity contribution in [3.05, 3.63) is 29.3 Å². The van der Waals surface area contributed by atoms with E-state index in [2.05, 4.69) is 10.6 Å². The van der Waals surface area contributed by atoms with Gasteiger partial charge in [-0.1, -0.05) is 12.5 Å². The average molecular weight is 566 g/mol. The van der Waals surface area contributed by atoms with E-state index in [9.17, 15) is 28.4 Å². The summed E-state index contributed by atoms with van der Waals surface area (Å²) in [5.41, 5.74) is 0.380. The number of ether oxygens (including phenoxy) is 4. The summed E-state index contributed by atoms with van der Waals surface area (Å²) in [6.45, 7) is 2.61. The quantitative estimate of drug-likeness (QED) is 0.188. The van der Waals surface area contributed by atoms with E-state index in [0.717, 1.165) is 17.7 Å². The van der Waals surface area contributed by atoms with Crippen molar-refractivity contribution in [1.82, 2.24) is 10.2 Å². The van der Waals surface area contributed by atoms with Crippen LogP contribution in [0.5, 0.6) is 0 Å². The molecule has 220 valence electrons. The number of carbonyl (C=O) groups excluding carboxylic acids is 5. The predicted molar refractivity (Wildman–Crippen MR) is 139 cm³/mol. The molecule has 1 aromatic rings. The van der Waals surface area contributed by atoms with Crippen LogP contribution in [0.15, 0.2) is 18.2 Å². The molecule has 1 aromatic carbocycles. The van der Waals surface area contributed by atoms with Crippen LogP contribution < -0.4 is 10.6 Å². The average Bonchev–Trinajstić information content (AvgIpc) is 3.18. The van der Waals surface area contributed by atoms with Crippen molar-refractivity contribution >= 4 is 35.2 Å².